The number of hydrogen-bond acceptors (Lipinski definition) is 1. The third-order valence-electron chi connectivity index (χ3n) is 1.47. The molecular weight excluding hydrogens is 311 g/mol. The second-order valence-corrected chi connectivity index (χ2v) is 5.66. The van der Waals surface area contributed by atoms with Gasteiger partial charge in [-0.2, -0.15) is 0 Å². The maximum absolute atomic E-state index is 4.33. The van der Waals surface area contributed by atoms with Crippen LogP contribution in [0.2, 0.25) is 0 Å². The van der Waals surface area contributed by atoms with E-state index < -0.39 is 0 Å². The minimum absolute atomic E-state index is 0.591. The zero-order valence-electron chi connectivity index (χ0n) is 6.46. The van der Waals surface area contributed by atoms with Gasteiger partial charge in [-0.3, -0.25) is 0 Å². The van der Waals surface area contributed by atoms with E-state index in [4.69, 9.17) is 0 Å². The molecule has 2 heteroatoms. The average Bonchev–Trinajstić information content (AvgIpc) is 1.88. The molecule has 1 heterocycles. The van der Waals surface area contributed by atoms with Gasteiger partial charge in [0.1, 0.15) is 0 Å². The molecule has 0 fully saturated rings. The average molecular weight is 321 g/mol. The summed E-state index contributed by atoms with van der Waals surface area (Å²) >= 11 is 0.715. The van der Waals surface area contributed by atoms with Crippen molar-refractivity contribution in [2.45, 2.75) is 19.8 Å². The van der Waals surface area contributed by atoms with Gasteiger partial charge in [-0.1, -0.05) is 0 Å². The Hall–Kier alpha value is 0.0851. The number of hydrogen-bond donors (Lipinski definition) is 0. The zero-order chi connectivity index (χ0) is 7.56. The fourth-order valence-corrected chi connectivity index (χ4v) is 3.44. The molecule has 49 valence electrons. The fraction of sp³-hybridized carbons (Fsp3) is 0.375. The molecule has 1 nitrogen and oxygen atoms in total. The van der Waals surface area contributed by atoms with Crippen LogP contribution in [0.15, 0.2) is 18.3 Å². The summed E-state index contributed by atoms with van der Waals surface area (Å²) in [6.07, 6.45) is 1.88. The van der Waals surface area contributed by atoms with Gasteiger partial charge in [0, 0.05) is 0 Å². The molecule has 0 radical (unpaired) electrons. The normalized spacial score (nSPS) is 10.5. The van der Waals surface area contributed by atoms with Crippen molar-refractivity contribution in [2.75, 3.05) is 0 Å². The Balaban J connectivity index is 3.03. The van der Waals surface area contributed by atoms with Crippen molar-refractivity contribution in [1.82, 2.24) is 4.98 Å². The van der Waals surface area contributed by atoms with E-state index in [2.05, 4.69) is 24.9 Å². The molecule has 1 aromatic rings. The summed E-state index contributed by atoms with van der Waals surface area (Å²) in [5.41, 5.74) is 1.30. The molecule has 0 aliphatic carbocycles. The quantitative estimate of drug-likeness (QED) is 0.712. The first-order valence-corrected chi connectivity index (χ1v) is 6.23. The molecule has 1 rings (SSSR count). The van der Waals surface area contributed by atoms with Crippen LogP contribution in [0.5, 0.6) is 0 Å². The van der Waals surface area contributed by atoms with Crippen LogP contribution in [-0.2, 0) is 26.1 Å². The maximum atomic E-state index is 4.33. The number of pyridine rings is 1. The SMILES string of the molecule is CC(C)c1nccc[c]1[Hg]. The van der Waals surface area contributed by atoms with E-state index in [1.54, 1.807) is 0 Å². The first kappa shape index (κ1) is 8.18. The van der Waals surface area contributed by atoms with Gasteiger partial charge in [0.15, 0.2) is 0 Å². The van der Waals surface area contributed by atoms with E-state index in [0.29, 0.717) is 32.0 Å². The second kappa shape index (κ2) is 3.47. The molecule has 0 saturated carbocycles. The van der Waals surface area contributed by atoms with Gasteiger partial charge in [-0.25, -0.2) is 0 Å². The van der Waals surface area contributed by atoms with Gasteiger partial charge in [0.05, 0.1) is 0 Å². The second-order valence-electron chi connectivity index (χ2n) is 2.70. The van der Waals surface area contributed by atoms with E-state index >= 15 is 0 Å². The van der Waals surface area contributed by atoms with Crippen molar-refractivity contribution in [1.29, 1.82) is 0 Å². The van der Waals surface area contributed by atoms with Crippen LogP contribution in [0, 0.1) is 0 Å². The number of nitrogens with zero attached hydrogens (tertiary/aromatic N) is 1. The first-order valence-electron chi connectivity index (χ1n) is 3.48. The summed E-state index contributed by atoms with van der Waals surface area (Å²) in [5, 5.41) is 0. The van der Waals surface area contributed by atoms with Gasteiger partial charge in [0.25, 0.3) is 0 Å². The minimum atomic E-state index is 0.591. The molecule has 1 aromatic heterocycles. The molecule has 0 aromatic carbocycles. The van der Waals surface area contributed by atoms with Crippen molar-refractivity contribution in [3.05, 3.63) is 24.0 Å². The Morgan fingerprint density at radius 3 is 2.60 bits per heavy atom. The van der Waals surface area contributed by atoms with Crippen molar-refractivity contribution >= 4 is 3.07 Å². The van der Waals surface area contributed by atoms with Gasteiger partial charge >= 0.3 is 78.0 Å². The Labute approximate surface area is 77.8 Å². The molecule has 0 spiro atoms. The molecule has 0 unspecified atom stereocenters. The summed E-state index contributed by atoms with van der Waals surface area (Å²) < 4.78 is 1.48. The Kier molecular flexibility index (Phi) is 2.84. The molecule has 0 N–H and O–H groups in total. The van der Waals surface area contributed by atoms with Gasteiger partial charge in [-0.05, 0) is 0 Å². The van der Waals surface area contributed by atoms with E-state index in [1.807, 2.05) is 12.3 Å². The van der Waals surface area contributed by atoms with E-state index in [9.17, 15) is 0 Å². The molecule has 0 bridgehead atoms. The Morgan fingerprint density at radius 1 is 1.50 bits per heavy atom. The molecule has 10 heavy (non-hydrogen) atoms. The van der Waals surface area contributed by atoms with Gasteiger partial charge in [-0.15, -0.1) is 0 Å². The number of rotatable bonds is 1. The van der Waals surface area contributed by atoms with Crippen LogP contribution in [-0.4, -0.2) is 4.98 Å². The van der Waals surface area contributed by atoms with Crippen LogP contribution in [0.1, 0.15) is 25.5 Å². The third-order valence-corrected chi connectivity index (χ3v) is 3.80. The summed E-state index contributed by atoms with van der Waals surface area (Å²) in [7, 11) is 0. The predicted molar refractivity (Wildman–Crippen MR) is 38.0 cm³/mol. The molecule has 0 aliphatic rings. The molecular formula is C8H10HgN. The van der Waals surface area contributed by atoms with Crippen LogP contribution in [0.25, 0.3) is 0 Å². The van der Waals surface area contributed by atoms with Gasteiger partial charge < -0.3 is 0 Å². The monoisotopic (exact) mass is 322 g/mol. The molecule has 0 amide bonds. The van der Waals surface area contributed by atoms with Crippen molar-refractivity contribution in [3.63, 3.8) is 0 Å². The summed E-state index contributed by atoms with van der Waals surface area (Å²) in [6.45, 7) is 4.39. The van der Waals surface area contributed by atoms with E-state index in [-0.39, 0.29) is 0 Å². The first-order chi connectivity index (χ1) is 4.72. The van der Waals surface area contributed by atoms with E-state index in [0.717, 1.165) is 0 Å². The van der Waals surface area contributed by atoms with E-state index in [1.165, 1.54) is 8.77 Å². The molecule has 0 saturated heterocycles. The Morgan fingerprint density at radius 2 is 2.20 bits per heavy atom. The fourth-order valence-electron chi connectivity index (χ4n) is 0.971. The summed E-state index contributed by atoms with van der Waals surface area (Å²) in [5.74, 6) is 0.591. The topological polar surface area (TPSA) is 12.9 Å². The molecule has 0 atom stereocenters. The predicted octanol–water partition coefficient (Wildman–Crippen LogP) is 1.38. The summed E-state index contributed by atoms with van der Waals surface area (Å²) in [4.78, 5) is 4.33. The third kappa shape index (κ3) is 1.78. The van der Waals surface area contributed by atoms with Crippen LogP contribution in [0.3, 0.4) is 0 Å². The molecule has 0 aliphatic heterocycles. The van der Waals surface area contributed by atoms with Crippen LogP contribution >= 0.6 is 0 Å². The van der Waals surface area contributed by atoms with Crippen molar-refractivity contribution in [3.8, 4) is 0 Å². The van der Waals surface area contributed by atoms with Crippen molar-refractivity contribution in [2.24, 2.45) is 0 Å². The summed E-state index contributed by atoms with van der Waals surface area (Å²) in [6, 6.07) is 4.21. The van der Waals surface area contributed by atoms with Crippen molar-refractivity contribution < 1.29 is 26.1 Å². The van der Waals surface area contributed by atoms with Crippen LogP contribution < -0.4 is 3.07 Å². The standard InChI is InChI=1S/C8H10N.Hg/c1-7(2)8-5-3-4-6-9-8;/h3-4,6-7H,1-2H3;. The Bertz CT molecular complexity index is 220. The zero-order valence-corrected chi connectivity index (χ0v) is 12.0. The van der Waals surface area contributed by atoms with Gasteiger partial charge in [0.2, 0.25) is 0 Å². The van der Waals surface area contributed by atoms with Crippen LogP contribution in [0.4, 0.5) is 0 Å². The number of aromatic nitrogens is 1.